The van der Waals surface area contributed by atoms with E-state index in [0.29, 0.717) is 0 Å². The van der Waals surface area contributed by atoms with E-state index in [9.17, 15) is 0 Å². The molecule has 0 bridgehead atoms. The Labute approximate surface area is 192 Å². The van der Waals surface area contributed by atoms with E-state index in [1.165, 1.54) is 67.2 Å². The van der Waals surface area contributed by atoms with Crippen LogP contribution in [0.25, 0.3) is 0 Å². The molecule has 0 aliphatic heterocycles. The number of hydrogen-bond acceptors (Lipinski definition) is 0. The molecule has 2 aromatic carbocycles. The van der Waals surface area contributed by atoms with Crippen molar-refractivity contribution in [2.75, 3.05) is 0 Å². The van der Waals surface area contributed by atoms with Gasteiger partial charge in [0.25, 0.3) is 0 Å². The van der Waals surface area contributed by atoms with Crippen LogP contribution in [0, 0.1) is 25.7 Å². The molecule has 0 heterocycles. The molecule has 0 saturated heterocycles. The van der Waals surface area contributed by atoms with Crippen molar-refractivity contribution in [1.29, 1.82) is 0 Å². The van der Waals surface area contributed by atoms with Crippen LogP contribution in [0.1, 0.15) is 98.6 Å². The summed E-state index contributed by atoms with van der Waals surface area (Å²) < 4.78 is 0. The lowest BCUT2D eigenvalue weighted by Gasteiger charge is -2.17. The van der Waals surface area contributed by atoms with Crippen LogP contribution in [-0.2, 0) is 19.3 Å². The fourth-order valence-electron chi connectivity index (χ4n) is 5.39. The van der Waals surface area contributed by atoms with Crippen molar-refractivity contribution in [2.24, 2.45) is 11.8 Å². The van der Waals surface area contributed by atoms with Gasteiger partial charge in [-0.2, -0.15) is 0 Å². The van der Waals surface area contributed by atoms with Crippen molar-refractivity contribution in [3.8, 4) is 0 Å². The first-order chi connectivity index (χ1) is 14.9. The van der Waals surface area contributed by atoms with Gasteiger partial charge in [-0.3, -0.25) is 0 Å². The number of allylic oxidation sites excluding steroid dienone is 1. The highest BCUT2D eigenvalue weighted by atomic mass is 14.3. The summed E-state index contributed by atoms with van der Waals surface area (Å²) in [6.07, 6.45) is 11.7. The maximum atomic E-state index is 4.10. The average molecular weight is 417 g/mol. The third kappa shape index (κ3) is 6.34. The van der Waals surface area contributed by atoms with E-state index in [1.807, 2.05) is 0 Å². The van der Waals surface area contributed by atoms with Crippen LogP contribution in [-0.4, -0.2) is 0 Å². The monoisotopic (exact) mass is 416 g/mol. The molecule has 4 rings (SSSR count). The van der Waals surface area contributed by atoms with Gasteiger partial charge in [0.2, 0.25) is 0 Å². The quantitative estimate of drug-likeness (QED) is 0.412. The molecule has 0 nitrogen and oxygen atoms in total. The predicted molar refractivity (Wildman–Crippen MR) is 137 cm³/mol. The second-order valence-electron chi connectivity index (χ2n) is 10.2. The molecule has 1 saturated carbocycles. The Morgan fingerprint density at radius 1 is 1.00 bits per heavy atom. The van der Waals surface area contributed by atoms with Crippen molar-refractivity contribution in [3.63, 3.8) is 0 Å². The minimum Gasteiger partial charge on any atom is -0.0995 e. The molecule has 0 heteroatoms. The lowest BCUT2D eigenvalue weighted by molar-refractivity contribution is 0.353. The minimum atomic E-state index is 0.833. The third-order valence-electron chi connectivity index (χ3n) is 7.96. The lowest BCUT2D eigenvalue weighted by atomic mass is 9.88. The largest absolute Gasteiger partial charge is 0.0995 e. The van der Waals surface area contributed by atoms with Crippen molar-refractivity contribution < 1.29 is 0 Å². The fraction of sp³-hybridized carbons (Fsp3) is 0.548. The summed E-state index contributed by atoms with van der Waals surface area (Å²) in [6.45, 7) is 15.4. The summed E-state index contributed by atoms with van der Waals surface area (Å²) in [5.41, 5.74) is 10.4. The number of aryl methyl sites for hydroxylation is 4. The van der Waals surface area contributed by atoms with Gasteiger partial charge in [-0.15, -0.1) is 0 Å². The summed E-state index contributed by atoms with van der Waals surface area (Å²) in [6, 6.07) is 14.0. The summed E-state index contributed by atoms with van der Waals surface area (Å²) in [5.74, 6) is 2.71. The fourth-order valence-corrected chi connectivity index (χ4v) is 5.39. The second-order valence-corrected chi connectivity index (χ2v) is 10.2. The van der Waals surface area contributed by atoms with Crippen LogP contribution in [0.3, 0.4) is 0 Å². The summed E-state index contributed by atoms with van der Waals surface area (Å²) in [7, 11) is 0. The summed E-state index contributed by atoms with van der Waals surface area (Å²) >= 11 is 0. The van der Waals surface area contributed by atoms with Crippen LogP contribution >= 0.6 is 0 Å². The Morgan fingerprint density at radius 2 is 1.68 bits per heavy atom. The maximum Gasteiger partial charge on any atom is -0.00672 e. The molecule has 0 aromatic heterocycles. The van der Waals surface area contributed by atoms with E-state index >= 15 is 0 Å². The van der Waals surface area contributed by atoms with Crippen LogP contribution in [0.2, 0.25) is 0 Å². The zero-order valence-electron chi connectivity index (χ0n) is 20.8. The highest BCUT2D eigenvalue weighted by Gasteiger charge is 2.28. The van der Waals surface area contributed by atoms with Crippen LogP contribution < -0.4 is 0 Å². The van der Waals surface area contributed by atoms with E-state index in [0.717, 1.165) is 30.6 Å². The van der Waals surface area contributed by atoms with Gasteiger partial charge < -0.3 is 0 Å². The Balaban J connectivity index is 0.000000176. The highest BCUT2D eigenvalue weighted by molar-refractivity contribution is 5.41. The molecule has 31 heavy (non-hydrogen) atoms. The number of benzene rings is 2. The van der Waals surface area contributed by atoms with Crippen molar-refractivity contribution in [1.82, 2.24) is 0 Å². The first-order valence-corrected chi connectivity index (χ1v) is 12.8. The first kappa shape index (κ1) is 23.8. The van der Waals surface area contributed by atoms with Gasteiger partial charge in [-0.25, -0.2) is 0 Å². The van der Waals surface area contributed by atoms with Gasteiger partial charge in [0.05, 0.1) is 0 Å². The molecule has 3 atom stereocenters. The Bertz CT molecular complexity index is 854. The zero-order valence-corrected chi connectivity index (χ0v) is 20.8. The Morgan fingerprint density at radius 3 is 2.32 bits per heavy atom. The summed E-state index contributed by atoms with van der Waals surface area (Å²) in [4.78, 5) is 0. The van der Waals surface area contributed by atoms with Gasteiger partial charge in [-0.1, -0.05) is 81.3 Å². The van der Waals surface area contributed by atoms with E-state index < -0.39 is 0 Å². The van der Waals surface area contributed by atoms with Gasteiger partial charge in [-0.05, 0) is 111 Å². The molecular formula is C31H44. The molecule has 0 N–H and O–H groups in total. The van der Waals surface area contributed by atoms with E-state index in [2.05, 4.69) is 77.6 Å². The Hall–Kier alpha value is -1.82. The topological polar surface area (TPSA) is 0 Å². The molecule has 2 aliphatic rings. The molecule has 3 unspecified atom stereocenters. The van der Waals surface area contributed by atoms with Crippen molar-refractivity contribution >= 4 is 0 Å². The highest BCUT2D eigenvalue weighted by Crippen LogP contribution is 2.42. The Kier molecular flexibility index (Phi) is 8.58. The number of rotatable bonds is 6. The van der Waals surface area contributed by atoms with Crippen LogP contribution in [0.4, 0.5) is 0 Å². The molecule has 1 fully saturated rings. The van der Waals surface area contributed by atoms with Crippen LogP contribution in [0.15, 0.2) is 48.6 Å². The van der Waals surface area contributed by atoms with E-state index in [1.54, 1.807) is 16.7 Å². The van der Waals surface area contributed by atoms with Crippen LogP contribution in [0.5, 0.6) is 0 Å². The maximum absolute atomic E-state index is 4.10. The van der Waals surface area contributed by atoms with E-state index in [4.69, 9.17) is 0 Å². The lowest BCUT2D eigenvalue weighted by Crippen LogP contribution is -2.06. The molecule has 2 aromatic rings. The third-order valence-corrected chi connectivity index (χ3v) is 7.96. The van der Waals surface area contributed by atoms with Gasteiger partial charge in [0, 0.05) is 0 Å². The van der Waals surface area contributed by atoms with Gasteiger partial charge >= 0.3 is 0 Å². The molecule has 0 amide bonds. The zero-order chi connectivity index (χ0) is 22.4. The predicted octanol–water partition coefficient (Wildman–Crippen LogP) is 8.92. The molecular weight excluding hydrogens is 372 g/mol. The normalized spacial score (nSPS) is 20.7. The molecule has 168 valence electrons. The molecule has 0 radical (unpaired) electrons. The van der Waals surface area contributed by atoms with Crippen molar-refractivity contribution in [2.45, 2.75) is 98.3 Å². The summed E-state index contributed by atoms with van der Waals surface area (Å²) in [5, 5.41) is 0. The standard InChI is InChI=1S/C16H24.C15H20/c1-4-13(3)15-9-10-16(11-15)14-7-5-12(2)6-8-14;1-4-11(2)8-15-10-14-7-5-6-13(14)9-12(15)3/h5-8,13,15-16H,4,9-11H2,1-3H3;9-10H,2,4-8H2,1,3H3. The van der Waals surface area contributed by atoms with Gasteiger partial charge in [0.1, 0.15) is 0 Å². The smallest absolute Gasteiger partial charge is 0.00672 e. The second kappa shape index (κ2) is 11.2. The average Bonchev–Trinajstić information content (AvgIpc) is 3.44. The number of fused-ring (bicyclic) bond motifs is 1. The SMILES string of the molecule is C=C(CC)Cc1cc2c(cc1C)CCC2.CCC(C)C1CCC(c2ccc(C)cc2)C1. The van der Waals surface area contributed by atoms with Crippen molar-refractivity contribution in [3.05, 3.63) is 81.9 Å². The van der Waals surface area contributed by atoms with Gasteiger partial charge in [0.15, 0.2) is 0 Å². The first-order valence-electron chi connectivity index (χ1n) is 12.8. The minimum absolute atomic E-state index is 0.833. The molecule has 2 aliphatic carbocycles. The molecule has 0 spiro atoms. The number of hydrogen-bond donors (Lipinski definition) is 0. The van der Waals surface area contributed by atoms with E-state index in [-0.39, 0.29) is 0 Å².